The molecule has 4 rings (SSSR count). The van der Waals surface area contributed by atoms with Gasteiger partial charge in [0, 0.05) is 29.9 Å². The Morgan fingerprint density at radius 3 is 2.91 bits per heavy atom. The highest BCUT2D eigenvalue weighted by Gasteiger charge is 2.44. The Kier molecular flexibility index (Phi) is 7.13. The lowest BCUT2D eigenvalue weighted by atomic mass is 9.74. The molecule has 2 fully saturated rings. The summed E-state index contributed by atoms with van der Waals surface area (Å²) in [6.07, 6.45) is 3.94. The molecule has 0 spiro atoms. The van der Waals surface area contributed by atoms with Crippen molar-refractivity contribution in [3.05, 3.63) is 53.9 Å². The molecule has 1 amide bonds. The molecule has 1 aliphatic carbocycles. The van der Waals surface area contributed by atoms with E-state index < -0.39 is 0 Å². The van der Waals surface area contributed by atoms with E-state index in [2.05, 4.69) is 21.7 Å². The quantitative estimate of drug-likeness (QED) is 0.622. The third-order valence-electron chi connectivity index (χ3n) is 6.27. The Hall–Kier alpha value is -2.82. The number of benzene rings is 1. The van der Waals surface area contributed by atoms with Gasteiger partial charge in [-0.05, 0) is 49.4 Å². The minimum Gasteiger partial charge on any atom is -0.495 e. The normalized spacial score (nSPS) is 27.0. The topological polar surface area (TPSA) is 96.3 Å². The minimum atomic E-state index is -0.170. The largest absolute Gasteiger partial charge is 0.495 e. The van der Waals surface area contributed by atoms with Gasteiger partial charge in [-0.25, -0.2) is 0 Å². The number of hydrogen-bond acceptors (Lipinski definition) is 6. The standard InChI is InChI=1S/C24H27ClN4O3/c1-31-21-11-19(6-5-15(21)12-26)28-13-17-8-16-9-18(25)10-22(23(16)29-24(17)30)32-14-20-4-2-3-7-27-20/h2-7,11,16-18,22-23,28H,8-10,13-14H2,1H3,(H,29,30). The number of carbonyl (C=O) groups excluding carboxylic acids is 1. The Labute approximate surface area is 193 Å². The van der Waals surface area contributed by atoms with Crippen LogP contribution in [0.25, 0.3) is 0 Å². The van der Waals surface area contributed by atoms with Crippen LogP contribution < -0.4 is 15.4 Å². The molecule has 2 aromatic rings. The van der Waals surface area contributed by atoms with Crippen molar-refractivity contribution < 1.29 is 14.3 Å². The van der Waals surface area contributed by atoms with Gasteiger partial charge in [0.25, 0.3) is 0 Å². The van der Waals surface area contributed by atoms with Crippen LogP contribution in [0.5, 0.6) is 5.75 Å². The van der Waals surface area contributed by atoms with E-state index >= 15 is 0 Å². The van der Waals surface area contributed by atoms with E-state index in [1.165, 1.54) is 7.11 Å². The predicted molar refractivity (Wildman–Crippen MR) is 121 cm³/mol. The van der Waals surface area contributed by atoms with Crippen molar-refractivity contribution in [1.82, 2.24) is 10.3 Å². The molecule has 5 atom stereocenters. The van der Waals surface area contributed by atoms with Gasteiger partial charge in [0.1, 0.15) is 11.8 Å². The van der Waals surface area contributed by atoms with Gasteiger partial charge in [-0.3, -0.25) is 9.78 Å². The first-order chi connectivity index (χ1) is 15.6. The van der Waals surface area contributed by atoms with Gasteiger partial charge in [-0.2, -0.15) is 5.26 Å². The van der Waals surface area contributed by atoms with E-state index in [1.807, 2.05) is 24.3 Å². The number of anilines is 1. The van der Waals surface area contributed by atoms with E-state index in [4.69, 9.17) is 26.3 Å². The summed E-state index contributed by atoms with van der Waals surface area (Å²) >= 11 is 6.57. The third-order valence-corrected chi connectivity index (χ3v) is 6.62. The zero-order valence-corrected chi connectivity index (χ0v) is 18.7. The first-order valence-electron chi connectivity index (χ1n) is 10.9. The molecule has 5 unspecified atom stereocenters. The van der Waals surface area contributed by atoms with Crippen LogP contribution in [0.1, 0.15) is 30.5 Å². The number of alkyl halides is 1. The number of methoxy groups -OCH3 is 1. The van der Waals surface area contributed by atoms with Gasteiger partial charge in [0.05, 0.1) is 43.0 Å². The highest BCUT2D eigenvalue weighted by Crippen LogP contribution is 2.37. The van der Waals surface area contributed by atoms with Crippen LogP contribution in [0.4, 0.5) is 5.69 Å². The molecule has 1 aliphatic heterocycles. The van der Waals surface area contributed by atoms with E-state index in [0.717, 1.165) is 24.2 Å². The Bertz CT molecular complexity index is 981. The lowest BCUT2D eigenvalue weighted by Gasteiger charge is -2.45. The Balaban J connectivity index is 1.37. The van der Waals surface area contributed by atoms with Crippen molar-refractivity contribution >= 4 is 23.2 Å². The maximum atomic E-state index is 12.9. The molecule has 1 saturated heterocycles. The zero-order valence-electron chi connectivity index (χ0n) is 18.0. The molecule has 7 nitrogen and oxygen atoms in total. The summed E-state index contributed by atoms with van der Waals surface area (Å²) < 4.78 is 11.4. The number of nitrogens with zero attached hydrogens (tertiary/aromatic N) is 2. The molecule has 0 radical (unpaired) electrons. The van der Waals surface area contributed by atoms with Crippen LogP contribution >= 0.6 is 11.6 Å². The van der Waals surface area contributed by atoms with Gasteiger partial charge in [0.15, 0.2) is 0 Å². The number of pyridine rings is 1. The molecule has 1 aromatic heterocycles. The molecular formula is C24H27ClN4O3. The second-order valence-corrected chi connectivity index (χ2v) is 8.99. The number of fused-ring (bicyclic) bond motifs is 1. The first kappa shape index (κ1) is 22.4. The average Bonchev–Trinajstić information content (AvgIpc) is 2.82. The van der Waals surface area contributed by atoms with Crippen LogP contribution in [0.3, 0.4) is 0 Å². The van der Waals surface area contributed by atoms with E-state index in [-0.39, 0.29) is 35.3 Å². The van der Waals surface area contributed by atoms with Gasteiger partial charge >= 0.3 is 0 Å². The second kappa shape index (κ2) is 10.2. The van der Waals surface area contributed by atoms with Crippen molar-refractivity contribution in [3.8, 4) is 11.8 Å². The number of hydrogen-bond donors (Lipinski definition) is 2. The number of nitrogens with one attached hydrogen (secondary N) is 2. The SMILES string of the molecule is COc1cc(NCC2CC3CC(Cl)CC(OCc4ccccn4)C3NC2=O)ccc1C#N. The number of nitriles is 1. The summed E-state index contributed by atoms with van der Waals surface area (Å²) in [6, 6.07) is 13.1. The lowest BCUT2D eigenvalue weighted by Crippen LogP contribution is -2.59. The summed E-state index contributed by atoms with van der Waals surface area (Å²) in [5, 5.41) is 15.7. The summed E-state index contributed by atoms with van der Waals surface area (Å²) in [7, 11) is 1.53. The molecule has 2 N–H and O–H groups in total. The number of amides is 1. The second-order valence-electron chi connectivity index (χ2n) is 8.37. The smallest absolute Gasteiger partial charge is 0.225 e. The van der Waals surface area contributed by atoms with Gasteiger partial charge < -0.3 is 20.1 Å². The van der Waals surface area contributed by atoms with Gasteiger partial charge in [0.2, 0.25) is 5.91 Å². The summed E-state index contributed by atoms with van der Waals surface area (Å²) in [6.45, 7) is 0.899. The molecule has 168 valence electrons. The van der Waals surface area contributed by atoms with Crippen LogP contribution in [0.2, 0.25) is 0 Å². The molecule has 2 aliphatic rings. The predicted octanol–water partition coefficient (Wildman–Crippen LogP) is 3.48. The van der Waals surface area contributed by atoms with Crippen molar-refractivity contribution in [2.24, 2.45) is 11.8 Å². The molecule has 1 aromatic carbocycles. The number of piperidine rings is 1. The molecule has 32 heavy (non-hydrogen) atoms. The molecule has 2 heterocycles. The third kappa shape index (κ3) is 5.14. The van der Waals surface area contributed by atoms with Crippen molar-refractivity contribution in [2.75, 3.05) is 19.0 Å². The Morgan fingerprint density at radius 1 is 1.28 bits per heavy atom. The van der Waals surface area contributed by atoms with Crippen molar-refractivity contribution in [2.45, 2.75) is 43.4 Å². The van der Waals surface area contributed by atoms with Crippen LogP contribution in [-0.2, 0) is 16.1 Å². The fourth-order valence-corrected chi connectivity index (χ4v) is 5.04. The van der Waals surface area contributed by atoms with Crippen molar-refractivity contribution in [3.63, 3.8) is 0 Å². The summed E-state index contributed by atoms with van der Waals surface area (Å²) in [5.74, 6) is 0.630. The molecule has 8 heteroatoms. The monoisotopic (exact) mass is 454 g/mol. The van der Waals surface area contributed by atoms with Crippen LogP contribution in [0, 0.1) is 23.2 Å². The molecular weight excluding hydrogens is 428 g/mol. The number of aromatic nitrogens is 1. The minimum absolute atomic E-state index is 0.0244. The van der Waals surface area contributed by atoms with E-state index in [9.17, 15) is 4.79 Å². The highest BCUT2D eigenvalue weighted by atomic mass is 35.5. The lowest BCUT2D eigenvalue weighted by molar-refractivity contribution is -0.133. The van der Waals surface area contributed by atoms with E-state index in [1.54, 1.807) is 18.3 Å². The first-order valence-corrected chi connectivity index (χ1v) is 11.3. The number of halogens is 1. The number of ether oxygens (including phenoxy) is 2. The molecule has 0 bridgehead atoms. The fourth-order valence-electron chi connectivity index (χ4n) is 4.64. The number of rotatable bonds is 7. The van der Waals surface area contributed by atoms with Crippen molar-refractivity contribution in [1.29, 1.82) is 5.26 Å². The van der Waals surface area contributed by atoms with E-state index in [0.29, 0.717) is 30.9 Å². The molecule has 1 saturated carbocycles. The number of carbonyl (C=O) groups is 1. The van der Waals surface area contributed by atoms with Gasteiger partial charge in [-0.1, -0.05) is 6.07 Å². The Morgan fingerprint density at radius 2 is 2.16 bits per heavy atom. The maximum Gasteiger partial charge on any atom is 0.225 e. The van der Waals surface area contributed by atoms with Crippen LogP contribution in [0.15, 0.2) is 42.6 Å². The maximum absolute atomic E-state index is 12.9. The average molecular weight is 455 g/mol. The van der Waals surface area contributed by atoms with Gasteiger partial charge in [-0.15, -0.1) is 11.6 Å². The zero-order chi connectivity index (χ0) is 22.5. The van der Waals surface area contributed by atoms with Crippen LogP contribution in [-0.4, -0.2) is 42.1 Å². The fraction of sp³-hybridized carbons (Fsp3) is 0.458. The summed E-state index contributed by atoms with van der Waals surface area (Å²) in [5.41, 5.74) is 2.15. The highest BCUT2D eigenvalue weighted by molar-refractivity contribution is 6.20. The summed E-state index contributed by atoms with van der Waals surface area (Å²) in [4.78, 5) is 17.2.